The molecule has 3 fully saturated rings. The lowest BCUT2D eigenvalue weighted by Gasteiger charge is -2.26. The largest absolute Gasteiger partial charge is 0.359 e. The fourth-order valence-electron chi connectivity index (χ4n) is 6.40. The molecule has 1 saturated heterocycles. The average molecular weight is 455 g/mol. The van der Waals surface area contributed by atoms with E-state index in [4.69, 9.17) is 4.52 Å². The number of aromatic nitrogens is 1. The highest BCUT2D eigenvalue weighted by Gasteiger charge is 2.69. The van der Waals surface area contributed by atoms with Gasteiger partial charge in [0.05, 0.1) is 11.8 Å². The van der Waals surface area contributed by atoms with Crippen LogP contribution in [-0.4, -0.2) is 48.0 Å². The molecule has 0 radical (unpaired) electrons. The number of carbonyl (C=O) groups excluding carboxylic acids is 2. The van der Waals surface area contributed by atoms with Gasteiger partial charge in [0.1, 0.15) is 5.76 Å². The molecule has 2 amide bonds. The van der Waals surface area contributed by atoms with E-state index in [9.17, 15) is 9.59 Å². The summed E-state index contributed by atoms with van der Waals surface area (Å²) >= 11 is 0. The molecule has 3 aliphatic carbocycles. The van der Waals surface area contributed by atoms with E-state index < -0.39 is 0 Å². The summed E-state index contributed by atoms with van der Waals surface area (Å²) in [7, 11) is 0. The second kappa shape index (κ2) is 8.57. The van der Waals surface area contributed by atoms with Gasteiger partial charge in [0.25, 0.3) is 0 Å². The molecule has 1 aromatic heterocycles. The molecule has 5 rings (SSSR count). The number of nitrogens with zero attached hydrogens (tertiary/aromatic N) is 2. The van der Waals surface area contributed by atoms with E-state index in [2.05, 4.69) is 32.8 Å². The van der Waals surface area contributed by atoms with Crippen LogP contribution in [-0.2, 0) is 15.0 Å². The van der Waals surface area contributed by atoms with Crippen molar-refractivity contribution < 1.29 is 14.1 Å². The van der Waals surface area contributed by atoms with Gasteiger partial charge >= 0.3 is 0 Å². The first kappa shape index (κ1) is 22.6. The summed E-state index contributed by atoms with van der Waals surface area (Å²) in [5.41, 5.74) is -0.0550. The third kappa shape index (κ3) is 4.25. The maximum Gasteiger partial charge on any atom is 0.230 e. The minimum absolute atomic E-state index is 0.0370. The lowest BCUT2D eigenvalue weighted by atomic mass is 9.81. The maximum atomic E-state index is 13.4. The van der Waals surface area contributed by atoms with Crippen molar-refractivity contribution in [2.75, 3.05) is 31.5 Å². The molecule has 4 atom stereocenters. The van der Waals surface area contributed by atoms with Gasteiger partial charge < -0.3 is 20.1 Å². The minimum atomic E-state index is -0.345. The number of rotatable bonds is 8. The summed E-state index contributed by atoms with van der Waals surface area (Å²) in [5.74, 6) is 0.760. The van der Waals surface area contributed by atoms with Crippen LogP contribution in [0.4, 0.5) is 5.82 Å². The molecular weight excluding hydrogens is 416 g/mol. The van der Waals surface area contributed by atoms with Crippen molar-refractivity contribution in [1.82, 2.24) is 15.4 Å². The molecule has 2 N–H and O–H groups in total. The summed E-state index contributed by atoms with van der Waals surface area (Å²) in [6, 6.07) is 1.79. The van der Waals surface area contributed by atoms with Gasteiger partial charge in [-0.2, -0.15) is 0 Å². The predicted octanol–water partition coefficient (Wildman–Crippen LogP) is 3.73. The number of hydrogen-bond donors (Lipinski definition) is 2. The van der Waals surface area contributed by atoms with E-state index in [0.717, 1.165) is 38.0 Å². The van der Waals surface area contributed by atoms with Gasteiger partial charge in [-0.3, -0.25) is 9.59 Å². The van der Waals surface area contributed by atoms with Gasteiger partial charge in [0.15, 0.2) is 5.82 Å². The lowest BCUT2D eigenvalue weighted by molar-refractivity contribution is -0.132. The molecule has 7 heteroatoms. The Morgan fingerprint density at radius 2 is 1.76 bits per heavy atom. The fraction of sp³-hybridized carbons (Fsp3) is 0.731. The fourth-order valence-corrected chi connectivity index (χ4v) is 6.40. The standard InChI is InChI=1S/C26H38N4O3/c1-25(2,3)19-16-20(29-33-19)28-24(32)22-18-9-8-17(26(18)10-11-26)21(22)23(31)27-12-4-5-13-30-14-6-7-15-30/h8-9,16-18,21-22H,4-7,10-15H2,1-3H3,(H,27,31)(H,28,29,32)/t17-,18-,21-,22-/m1/s1. The van der Waals surface area contributed by atoms with Crippen molar-refractivity contribution in [1.29, 1.82) is 0 Å². The second-order valence-corrected chi connectivity index (χ2v) is 11.6. The van der Waals surface area contributed by atoms with Crippen molar-refractivity contribution in [3.8, 4) is 0 Å². The number of allylic oxidation sites excluding steroid dienone is 2. The van der Waals surface area contributed by atoms with Crippen LogP contribution in [0.25, 0.3) is 0 Å². The van der Waals surface area contributed by atoms with Crippen LogP contribution < -0.4 is 10.6 Å². The maximum absolute atomic E-state index is 13.4. The van der Waals surface area contributed by atoms with Crippen LogP contribution in [0.15, 0.2) is 22.7 Å². The predicted molar refractivity (Wildman–Crippen MR) is 127 cm³/mol. The molecule has 1 spiro atoms. The van der Waals surface area contributed by atoms with Crippen LogP contribution >= 0.6 is 0 Å². The van der Waals surface area contributed by atoms with Crippen molar-refractivity contribution in [3.63, 3.8) is 0 Å². The van der Waals surface area contributed by atoms with Gasteiger partial charge in [-0.25, -0.2) is 0 Å². The van der Waals surface area contributed by atoms with Gasteiger partial charge in [-0.05, 0) is 75.4 Å². The van der Waals surface area contributed by atoms with Gasteiger partial charge in [0.2, 0.25) is 11.8 Å². The number of nitrogens with one attached hydrogen (secondary N) is 2. The number of carbonyl (C=O) groups is 2. The highest BCUT2D eigenvalue weighted by molar-refractivity contribution is 5.97. The second-order valence-electron chi connectivity index (χ2n) is 11.6. The van der Waals surface area contributed by atoms with E-state index in [1.807, 2.05) is 20.8 Å². The summed E-state index contributed by atoms with van der Waals surface area (Å²) in [4.78, 5) is 29.2. The van der Waals surface area contributed by atoms with Crippen molar-refractivity contribution in [2.24, 2.45) is 29.1 Å². The van der Waals surface area contributed by atoms with Gasteiger partial charge in [-0.15, -0.1) is 0 Å². The van der Waals surface area contributed by atoms with Crippen LogP contribution in [0, 0.1) is 29.1 Å². The lowest BCUT2D eigenvalue weighted by Crippen LogP contribution is -2.42. The highest BCUT2D eigenvalue weighted by atomic mass is 16.5. The average Bonchev–Trinajstić information content (AvgIpc) is 3.11. The number of unbranched alkanes of at least 4 members (excludes halogenated alkanes) is 1. The number of likely N-dealkylation sites (tertiary alicyclic amines) is 1. The Balaban J connectivity index is 1.21. The van der Waals surface area contributed by atoms with Crippen LogP contribution in [0.5, 0.6) is 0 Å². The van der Waals surface area contributed by atoms with Gasteiger partial charge in [0, 0.05) is 18.0 Å². The zero-order valence-electron chi connectivity index (χ0n) is 20.2. The molecule has 1 aliphatic heterocycles. The van der Waals surface area contributed by atoms with E-state index in [0.29, 0.717) is 12.4 Å². The quantitative estimate of drug-likeness (QED) is 0.462. The van der Waals surface area contributed by atoms with E-state index in [-0.39, 0.29) is 46.3 Å². The normalized spacial score (nSPS) is 29.7. The van der Waals surface area contributed by atoms with Crippen LogP contribution in [0.2, 0.25) is 0 Å². The Hall–Kier alpha value is -2.15. The smallest absolute Gasteiger partial charge is 0.230 e. The molecule has 7 nitrogen and oxygen atoms in total. The van der Waals surface area contributed by atoms with Crippen molar-refractivity contribution in [3.05, 3.63) is 24.0 Å². The van der Waals surface area contributed by atoms with Crippen molar-refractivity contribution in [2.45, 2.75) is 64.7 Å². The minimum Gasteiger partial charge on any atom is -0.359 e. The Kier molecular flexibility index (Phi) is 5.88. The van der Waals surface area contributed by atoms with Crippen molar-refractivity contribution >= 4 is 17.6 Å². The molecule has 1 aromatic rings. The summed E-state index contributed by atoms with van der Waals surface area (Å²) in [5, 5.41) is 10.2. The highest BCUT2D eigenvalue weighted by Crippen LogP contribution is 2.72. The Labute approximate surface area is 196 Å². The molecule has 2 heterocycles. The molecular formula is C26H38N4O3. The van der Waals surface area contributed by atoms with E-state index >= 15 is 0 Å². The molecule has 0 unspecified atom stereocenters. The molecule has 2 saturated carbocycles. The zero-order chi connectivity index (χ0) is 23.2. The summed E-state index contributed by atoms with van der Waals surface area (Å²) in [6.45, 7) is 10.4. The molecule has 33 heavy (non-hydrogen) atoms. The zero-order valence-corrected chi connectivity index (χ0v) is 20.2. The Morgan fingerprint density at radius 1 is 1.09 bits per heavy atom. The number of amides is 2. The third-order valence-corrected chi connectivity index (χ3v) is 8.35. The van der Waals surface area contributed by atoms with Crippen LogP contribution in [0.1, 0.15) is 65.1 Å². The molecule has 180 valence electrons. The molecule has 2 bridgehead atoms. The summed E-state index contributed by atoms with van der Waals surface area (Å²) in [6.07, 6.45) is 11.3. The summed E-state index contributed by atoms with van der Waals surface area (Å²) < 4.78 is 5.43. The first-order chi connectivity index (χ1) is 15.8. The first-order valence-electron chi connectivity index (χ1n) is 12.8. The first-order valence-corrected chi connectivity index (χ1v) is 12.8. The van der Waals surface area contributed by atoms with Crippen LogP contribution in [0.3, 0.4) is 0 Å². The SMILES string of the molecule is CC(C)(C)c1cc(NC(=O)[C@H]2[C@H](C(=O)NCCCCN3CCCC3)[C@H]3C=C[C@H]2C32CC2)no1. The number of hydrogen-bond acceptors (Lipinski definition) is 5. The monoisotopic (exact) mass is 454 g/mol. The van der Waals surface area contributed by atoms with Gasteiger partial charge in [-0.1, -0.05) is 38.1 Å². The topological polar surface area (TPSA) is 87.5 Å². The Morgan fingerprint density at radius 3 is 2.36 bits per heavy atom. The molecule has 4 aliphatic rings. The Bertz CT molecular complexity index is 920. The van der Waals surface area contributed by atoms with E-state index in [1.54, 1.807) is 6.07 Å². The molecule has 0 aromatic carbocycles. The third-order valence-electron chi connectivity index (χ3n) is 8.35. The number of anilines is 1. The van der Waals surface area contributed by atoms with E-state index in [1.165, 1.54) is 25.9 Å².